The van der Waals surface area contributed by atoms with Crippen LogP contribution in [0.2, 0.25) is 0 Å². The average molecular weight is 425 g/mol. The van der Waals surface area contributed by atoms with Gasteiger partial charge in [0.15, 0.2) is 0 Å². The van der Waals surface area contributed by atoms with Crippen molar-refractivity contribution < 1.29 is 23.9 Å². The van der Waals surface area contributed by atoms with Crippen molar-refractivity contribution in [3.05, 3.63) is 54.6 Å². The highest BCUT2D eigenvalue weighted by Gasteiger charge is 2.46. The molecule has 31 heavy (non-hydrogen) atoms. The molecule has 1 aliphatic heterocycles. The van der Waals surface area contributed by atoms with E-state index in [4.69, 9.17) is 9.47 Å². The number of carbonyl (C=O) groups is 3. The summed E-state index contributed by atoms with van der Waals surface area (Å²) in [4.78, 5) is 41.1. The highest BCUT2D eigenvalue weighted by atomic mass is 16.5. The van der Waals surface area contributed by atoms with Crippen LogP contribution in [0.15, 0.2) is 54.6 Å². The number of hydrogen-bond acceptors (Lipinski definition) is 5. The molecule has 0 saturated carbocycles. The SMILES string of the molecule is CCCOc1ccc(NC(=O)CC2C(=O)N(c3ccccc3)C(=O)N2CCOC)cc1. The highest BCUT2D eigenvalue weighted by molar-refractivity contribution is 6.22. The molecule has 164 valence electrons. The topological polar surface area (TPSA) is 88.2 Å². The normalized spacial score (nSPS) is 16.0. The van der Waals surface area contributed by atoms with E-state index in [1.54, 1.807) is 54.6 Å². The molecule has 2 aromatic carbocycles. The van der Waals surface area contributed by atoms with Gasteiger partial charge in [0.2, 0.25) is 5.91 Å². The summed E-state index contributed by atoms with van der Waals surface area (Å²) in [6.07, 6.45) is 0.762. The number of nitrogens with one attached hydrogen (secondary N) is 1. The van der Waals surface area contributed by atoms with Gasteiger partial charge < -0.3 is 19.7 Å². The minimum absolute atomic E-state index is 0.147. The van der Waals surface area contributed by atoms with Gasteiger partial charge in [0.1, 0.15) is 11.8 Å². The number of nitrogens with zero attached hydrogens (tertiary/aromatic N) is 2. The van der Waals surface area contributed by atoms with Crippen LogP contribution in [-0.4, -0.2) is 55.7 Å². The average Bonchev–Trinajstić information content (AvgIpc) is 3.01. The third-order valence-corrected chi connectivity index (χ3v) is 4.86. The van der Waals surface area contributed by atoms with Gasteiger partial charge >= 0.3 is 6.03 Å². The van der Waals surface area contributed by atoms with Crippen LogP contribution in [0.1, 0.15) is 19.8 Å². The fraction of sp³-hybridized carbons (Fsp3) is 0.348. The van der Waals surface area contributed by atoms with Crippen molar-refractivity contribution in [2.75, 3.05) is 37.1 Å². The van der Waals surface area contributed by atoms with E-state index < -0.39 is 18.0 Å². The van der Waals surface area contributed by atoms with Crippen LogP contribution in [0.4, 0.5) is 16.2 Å². The van der Waals surface area contributed by atoms with E-state index in [0.29, 0.717) is 18.0 Å². The first-order chi connectivity index (χ1) is 15.0. The van der Waals surface area contributed by atoms with Crippen LogP contribution >= 0.6 is 0 Å². The third kappa shape index (κ3) is 5.40. The fourth-order valence-corrected chi connectivity index (χ4v) is 3.33. The van der Waals surface area contributed by atoms with E-state index in [2.05, 4.69) is 5.32 Å². The van der Waals surface area contributed by atoms with Crippen LogP contribution in [0.25, 0.3) is 0 Å². The van der Waals surface area contributed by atoms with Crippen molar-refractivity contribution >= 4 is 29.2 Å². The van der Waals surface area contributed by atoms with E-state index in [1.165, 1.54) is 12.0 Å². The van der Waals surface area contributed by atoms with Gasteiger partial charge in [-0.3, -0.25) is 9.59 Å². The van der Waals surface area contributed by atoms with Gasteiger partial charge in [-0.1, -0.05) is 25.1 Å². The summed E-state index contributed by atoms with van der Waals surface area (Å²) >= 11 is 0. The van der Waals surface area contributed by atoms with E-state index >= 15 is 0 Å². The molecule has 1 N–H and O–H groups in total. The Balaban J connectivity index is 1.70. The minimum Gasteiger partial charge on any atom is -0.494 e. The second kappa shape index (κ2) is 10.6. The maximum Gasteiger partial charge on any atom is 0.332 e. The summed E-state index contributed by atoms with van der Waals surface area (Å²) in [6, 6.07) is 14.4. The van der Waals surface area contributed by atoms with E-state index in [0.717, 1.165) is 17.1 Å². The summed E-state index contributed by atoms with van der Waals surface area (Å²) < 4.78 is 10.6. The second-order valence-corrected chi connectivity index (χ2v) is 7.12. The molecule has 0 aliphatic carbocycles. The van der Waals surface area contributed by atoms with Crippen LogP contribution in [0.5, 0.6) is 5.75 Å². The zero-order valence-corrected chi connectivity index (χ0v) is 17.7. The number of hydrogen-bond donors (Lipinski definition) is 1. The van der Waals surface area contributed by atoms with Crippen molar-refractivity contribution in [3.8, 4) is 5.75 Å². The maximum atomic E-state index is 13.0. The van der Waals surface area contributed by atoms with Crippen LogP contribution in [0.3, 0.4) is 0 Å². The Hall–Kier alpha value is -3.39. The maximum absolute atomic E-state index is 13.0. The molecule has 0 spiro atoms. The number of ether oxygens (including phenoxy) is 2. The lowest BCUT2D eigenvalue weighted by molar-refractivity contribution is -0.124. The molecule has 1 saturated heterocycles. The third-order valence-electron chi connectivity index (χ3n) is 4.86. The number of imide groups is 1. The first-order valence-electron chi connectivity index (χ1n) is 10.3. The Morgan fingerprint density at radius 2 is 1.74 bits per heavy atom. The van der Waals surface area contributed by atoms with Gasteiger partial charge in [-0.15, -0.1) is 0 Å². The molecule has 1 heterocycles. The van der Waals surface area contributed by atoms with Gasteiger partial charge in [0.05, 0.1) is 25.3 Å². The molecule has 8 nitrogen and oxygen atoms in total. The van der Waals surface area contributed by atoms with Gasteiger partial charge in [0, 0.05) is 19.3 Å². The van der Waals surface area contributed by atoms with Gasteiger partial charge in [-0.25, -0.2) is 9.69 Å². The molecule has 0 radical (unpaired) electrons. The first kappa shape index (κ1) is 22.3. The Labute approximate surface area is 181 Å². The molecule has 4 amide bonds. The first-order valence-corrected chi connectivity index (χ1v) is 10.3. The molecule has 1 unspecified atom stereocenters. The van der Waals surface area contributed by atoms with E-state index in [1.807, 2.05) is 6.92 Å². The van der Waals surface area contributed by atoms with E-state index in [9.17, 15) is 14.4 Å². The monoisotopic (exact) mass is 425 g/mol. The lowest BCUT2D eigenvalue weighted by Gasteiger charge is -2.21. The number of methoxy groups -OCH3 is 1. The van der Waals surface area contributed by atoms with Crippen LogP contribution in [-0.2, 0) is 14.3 Å². The van der Waals surface area contributed by atoms with E-state index in [-0.39, 0.29) is 25.5 Å². The van der Waals surface area contributed by atoms with Crippen molar-refractivity contribution in [2.24, 2.45) is 0 Å². The molecule has 0 bridgehead atoms. The number of carbonyl (C=O) groups excluding carboxylic acids is 3. The summed E-state index contributed by atoms with van der Waals surface area (Å²) in [7, 11) is 1.52. The number of benzene rings is 2. The number of para-hydroxylation sites is 1. The summed E-state index contributed by atoms with van der Waals surface area (Å²) in [5, 5.41) is 2.78. The lowest BCUT2D eigenvalue weighted by atomic mass is 10.1. The van der Waals surface area contributed by atoms with Gasteiger partial charge in [-0.2, -0.15) is 0 Å². The van der Waals surface area contributed by atoms with Crippen molar-refractivity contribution in [3.63, 3.8) is 0 Å². The second-order valence-electron chi connectivity index (χ2n) is 7.12. The Bertz CT molecular complexity index is 901. The fourth-order valence-electron chi connectivity index (χ4n) is 3.33. The van der Waals surface area contributed by atoms with Crippen molar-refractivity contribution in [2.45, 2.75) is 25.8 Å². The Morgan fingerprint density at radius 1 is 1.03 bits per heavy atom. The van der Waals surface area contributed by atoms with Crippen LogP contribution in [0, 0.1) is 0 Å². The Morgan fingerprint density at radius 3 is 2.39 bits per heavy atom. The summed E-state index contributed by atoms with van der Waals surface area (Å²) in [5.74, 6) is -0.0582. The Kier molecular flexibility index (Phi) is 7.61. The number of urea groups is 1. The minimum atomic E-state index is -0.894. The molecule has 2 aromatic rings. The number of anilines is 2. The molecule has 3 rings (SSSR count). The summed E-state index contributed by atoms with van der Waals surface area (Å²) in [5.41, 5.74) is 1.07. The smallest absolute Gasteiger partial charge is 0.332 e. The van der Waals surface area contributed by atoms with Crippen molar-refractivity contribution in [1.82, 2.24) is 4.90 Å². The molecule has 1 aliphatic rings. The zero-order chi connectivity index (χ0) is 22.2. The molecule has 1 atom stereocenters. The number of amides is 4. The van der Waals surface area contributed by atoms with Gasteiger partial charge in [0.25, 0.3) is 5.91 Å². The standard InChI is InChI=1S/C23H27N3O5/c1-3-14-31-19-11-9-17(10-12-19)24-21(27)16-20-22(28)26(18-7-5-4-6-8-18)23(29)25(20)13-15-30-2/h4-12,20H,3,13-16H2,1-2H3,(H,24,27). The predicted octanol–water partition coefficient (Wildman–Crippen LogP) is 3.29. The molecule has 1 fully saturated rings. The molecule has 8 heteroatoms. The number of rotatable bonds is 10. The van der Waals surface area contributed by atoms with Gasteiger partial charge in [-0.05, 0) is 42.8 Å². The molecule has 0 aromatic heterocycles. The molecular formula is C23H27N3O5. The van der Waals surface area contributed by atoms with Crippen molar-refractivity contribution in [1.29, 1.82) is 0 Å². The predicted molar refractivity (Wildman–Crippen MR) is 117 cm³/mol. The largest absolute Gasteiger partial charge is 0.494 e. The van der Waals surface area contributed by atoms with Crippen LogP contribution < -0.4 is 15.0 Å². The lowest BCUT2D eigenvalue weighted by Crippen LogP contribution is -2.39. The highest BCUT2D eigenvalue weighted by Crippen LogP contribution is 2.27. The summed E-state index contributed by atoms with van der Waals surface area (Å²) in [6.45, 7) is 3.13. The zero-order valence-electron chi connectivity index (χ0n) is 17.7. The quantitative estimate of drug-likeness (QED) is 0.590. The molecular weight excluding hydrogens is 398 g/mol.